The average molecular weight is 209 g/mol. The van der Waals surface area contributed by atoms with E-state index in [2.05, 4.69) is 9.46 Å². The summed E-state index contributed by atoms with van der Waals surface area (Å²) in [5.74, 6) is -0.294. The van der Waals surface area contributed by atoms with Gasteiger partial charge in [-0.15, -0.1) is 0 Å². The number of carbonyl (C=O) groups is 1. The van der Waals surface area contributed by atoms with E-state index in [9.17, 15) is 13.2 Å². The summed E-state index contributed by atoms with van der Waals surface area (Å²) in [5.41, 5.74) is 0. The van der Waals surface area contributed by atoms with E-state index in [1.54, 1.807) is 6.92 Å². The summed E-state index contributed by atoms with van der Waals surface area (Å²) < 4.78 is 28.1. The SMILES string of the molecule is CCOC(=O)CCCNS(C)(=O)=O. The van der Waals surface area contributed by atoms with E-state index in [-0.39, 0.29) is 18.9 Å². The van der Waals surface area contributed by atoms with Crippen molar-refractivity contribution < 1.29 is 17.9 Å². The molecule has 0 saturated heterocycles. The number of ether oxygens (including phenoxy) is 1. The van der Waals surface area contributed by atoms with Crippen LogP contribution in [0, 0.1) is 0 Å². The highest BCUT2D eigenvalue weighted by atomic mass is 32.2. The van der Waals surface area contributed by atoms with E-state index >= 15 is 0 Å². The minimum absolute atomic E-state index is 0.246. The first-order chi connectivity index (χ1) is 5.95. The Morgan fingerprint density at radius 2 is 2.08 bits per heavy atom. The Labute approximate surface area is 78.5 Å². The second-order valence-electron chi connectivity index (χ2n) is 2.58. The zero-order valence-electron chi connectivity index (χ0n) is 7.87. The largest absolute Gasteiger partial charge is 0.466 e. The number of rotatable bonds is 6. The highest BCUT2D eigenvalue weighted by Gasteiger charge is 2.03. The first kappa shape index (κ1) is 12.4. The van der Waals surface area contributed by atoms with E-state index in [1.165, 1.54) is 0 Å². The van der Waals surface area contributed by atoms with E-state index in [1.807, 2.05) is 0 Å². The summed E-state index contributed by atoms with van der Waals surface area (Å²) in [6, 6.07) is 0. The van der Waals surface area contributed by atoms with Crippen molar-refractivity contribution >= 4 is 16.0 Å². The van der Waals surface area contributed by atoms with E-state index < -0.39 is 10.0 Å². The fraction of sp³-hybridized carbons (Fsp3) is 0.857. The van der Waals surface area contributed by atoms with Crippen LogP contribution in [0.4, 0.5) is 0 Å². The number of nitrogens with one attached hydrogen (secondary N) is 1. The molecule has 0 aromatic heterocycles. The highest BCUT2D eigenvalue weighted by molar-refractivity contribution is 7.88. The number of sulfonamides is 1. The Balaban J connectivity index is 3.41. The molecule has 0 fully saturated rings. The van der Waals surface area contributed by atoms with Gasteiger partial charge in [0.1, 0.15) is 0 Å². The van der Waals surface area contributed by atoms with Crippen molar-refractivity contribution in [2.45, 2.75) is 19.8 Å². The molecule has 0 aliphatic heterocycles. The van der Waals surface area contributed by atoms with Crippen molar-refractivity contribution in [2.75, 3.05) is 19.4 Å². The lowest BCUT2D eigenvalue weighted by Crippen LogP contribution is -2.23. The number of carbonyl (C=O) groups excluding carboxylic acids is 1. The zero-order chi connectivity index (χ0) is 10.3. The van der Waals surface area contributed by atoms with E-state index in [4.69, 9.17) is 0 Å². The topological polar surface area (TPSA) is 72.5 Å². The summed E-state index contributed by atoms with van der Waals surface area (Å²) in [5, 5.41) is 0. The molecule has 0 bridgehead atoms. The molecule has 1 N–H and O–H groups in total. The molecule has 78 valence electrons. The molecule has 13 heavy (non-hydrogen) atoms. The molecule has 0 radical (unpaired) electrons. The molecule has 0 amide bonds. The fourth-order valence-electron chi connectivity index (χ4n) is 0.723. The van der Waals surface area contributed by atoms with Crippen molar-refractivity contribution in [3.05, 3.63) is 0 Å². The summed E-state index contributed by atoms with van der Waals surface area (Å²) in [6.45, 7) is 2.36. The van der Waals surface area contributed by atoms with Gasteiger partial charge in [0.15, 0.2) is 0 Å². The van der Waals surface area contributed by atoms with Gasteiger partial charge in [-0.1, -0.05) is 0 Å². The molecule has 6 heteroatoms. The summed E-state index contributed by atoms with van der Waals surface area (Å²) >= 11 is 0. The minimum atomic E-state index is -3.14. The third-order valence-electron chi connectivity index (χ3n) is 1.23. The molecule has 0 unspecified atom stereocenters. The lowest BCUT2D eigenvalue weighted by atomic mass is 10.3. The van der Waals surface area contributed by atoms with Crippen LogP contribution in [-0.4, -0.2) is 33.8 Å². The number of hydrogen-bond donors (Lipinski definition) is 1. The Kier molecular flexibility index (Phi) is 5.65. The van der Waals surface area contributed by atoms with Crippen LogP contribution in [0.2, 0.25) is 0 Å². The molecule has 0 spiro atoms. The smallest absolute Gasteiger partial charge is 0.305 e. The first-order valence-electron chi connectivity index (χ1n) is 4.06. The van der Waals surface area contributed by atoms with Crippen LogP contribution < -0.4 is 4.72 Å². The van der Waals surface area contributed by atoms with Crippen LogP contribution in [0.5, 0.6) is 0 Å². The van der Waals surface area contributed by atoms with Gasteiger partial charge in [-0.3, -0.25) is 4.79 Å². The summed E-state index contributed by atoms with van der Waals surface area (Å²) in [7, 11) is -3.14. The Morgan fingerprint density at radius 1 is 1.46 bits per heavy atom. The van der Waals surface area contributed by atoms with Gasteiger partial charge in [0, 0.05) is 13.0 Å². The van der Waals surface area contributed by atoms with Gasteiger partial charge in [0.25, 0.3) is 0 Å². The number of hydrogen-bond acceptors (Lipinski definition) is 4. The van der Waals surface area contributed by atoms with Gasteiger partial charge in [-0.05, 0) is 13.3 Å². The maximum atomic E-state index is 10.8. The van der Waals surface area contributed by atoms with Gasteiger partial charge >= 0.3 is 5.97 Å². The lowest BCUT2D eigenvalue weighted by Gasteiger charge is -2.02. The van der Waals surface area contributed by atoms with Crippen LogP contribution in [0.25, 0.3) is 0 Å². The van der Waals surface area contributed by atoms with Crippen molar-refractivity contribution in [2.24, 2.45) is 0 Å². The van der Waals surface area contributed by atoms with Crippen molar-refractivity contribution in [1.29, 1.82) is 0 Å². The van der Waals surface area contributed by atoms with E-state index in [0.29, 0.717) is 13.0 Å². The second-order valence-corrected chi connectivity index (χ2v) is 4.41. The van der Waals surface area contributed by atoms with Crippen LogP contribution in [0.1, 0.15) is 19.8 Å². The molecule has 0 aliphatic carbocycles. The van der Waals surface area contributed by atoms with Crippen LogP contribution in [0.15, 0.2) is 0 Å². The van der Waals surface area contributed by atoms with Gasteiger partial charge in [-0.2, -0.15) is 0 Å². The summed E-state index contributed by atoms with van der Waals surface area (Å²) in [6.07, 6.45) is 1.79. The normalized spacial score (nSPS) is 11.2. The molecule has 0 aromatic carbocycles. The fourth-order valence-corrected chi connectivity index (χ4v) is 1.24. The van der Waals surface area contributed by atoms with Crippen LogP contribution in [0.3, 0.4) is 0 Å². The van der Waals surface area contributed by atoms with Gasteiger partial charge in [0.2, 0.25) is 10.0 Å². The third kappa shape index (κ3) is 9.29. The molecule has 0 rings (SSSR count). The molecule has 0 saturated carbocycles. The maximum absolute atomic E-state index is 10.8. The first-order valence-corrected chi connectivity index (χ1v) is 5.95. The van der Waals surface area contributed by atoms with Crippen molar-refractivity contribution in [3.8, 4) is 0 Å². The number of esters is 1. The molecule has 0 atom stereocenters. The van der Waals surface area contributed by atoms with Gasteiger partial charge in [-0.25, -0.2) is 13.1 Å². The summed E-state index contributed by atoms with van der Waals surface area (Å²) in [4.78, 5) is 10.8. The van der Waals surface area contributed by atoms with E-state index in [0.717, 1.165) is 6.26 Å². The molecular formula is C7H15NO4S. The Hall–Kier alpha value is -0.620. The maximum Gasteiger partial charge on any atom is 0.305 e. The Morgan fingerprint density at radius 3 is 2.54 bits per heavy atom. The standard InChI is InChI=1S/C7H15NO4S/c1-3-12-7(9)5-4-6-8-13(2,10)11/h8H,3-6H2,1-2H3. The molecular weight excluding hydrogens is 194 g/mol. The predicted molar refractivity (Wildman–Crippen MR) is 48.7 cm³/mol. The molecule has 0 aromatic rings. The predicted octanol–water partition coefficient (Wildman–Crippen LogP) is -0.121. The van der Waals surface area contributed by atoms with Crippen molar-refractivity contribution in [1.82, 2.24) is 4.72 Å². The third-order valence-corrected chi connectivity index (χ3v) is 1.96. The highest BCUT2D eigenvalue weighted by Crippen LogP contribution is 1.91. The average Bonchev–Trinajstić information content (AvgIpc) is 1.97. The lowest BCUT2D eigenvalue weighted by molar-refractivity contribution is -0.143. The monoisotopic (exact) mass is 209 g/mol. The molecule has 5 nitrogen and oxygen atoms in total. The van der Waals surface area contributed by atoms with Gasteiger partial charge in [0.05, 0.1) is 12.9 Å². The van der Waals surface area contributed by atoms with Crippen molar-refractivity contribution in [3.63, 3.8) is 0 Å². The van der Waals surface area contributed by atoms with Gasteiger partial charge < -0.3 is 4.74 Å². The quantitative estimate of drug-likeness (QED) is 0.489. The van der Waals surface area contributed by atoms with Crippen LogP contribution in [-0.2, 0) is 19.6 Å². The molecule has 0 aliphatic rings. The molecule has 0 heterocycles. The minimum Gasteiger partial charge on any atom is -0.466 e. The Bertz CT molecular complexity index is 247. The zero-order valence-corrected chi connectivity index (χ0v) is 8.69. The second kappa shape index (κ2) is 5.93. The van der Waals surface area contributed by atoms with Crippen LogP contribution >= 0.6 is 0 Å².